The number of nitrogens with one attached hydrogen (secondary N) is 1. The number of hydrogen-bond acceptors (Lipinski definition) is 2. The van der Waals surface area contributed by atoms with Crippen LogP contribution in [0.4, 0.5) is 11.4 Å². The third-order valence-corrected chi connectivity index (χ3v) is 3.50. The summed E-state index contributed by atoms with van der Waals surface area (Å²) in [5, 5.41) is 3.57. The summed E-state index contributed by atoms with van der Waals surface area (Å²) in [7, 11) is 4.16. The molecule has 0 radical (unpaired) electrons. The first-order valence-corrected chi connectivity index (χ1v) is 7.18. The Morgan fingerprint density at radius 3 is 2.61 bits per heavy atom. The Labute approximate surface area is 112 Å². The largest absolute Gasteiger partial charge is 0.385 e. The Morgan fingerprint density at radius 1 is 1.22 bits per heavy atom. The summed E-state index contributed by atoms with van der Waals surface area (Å²) in [4.78, 5) is 2.14. The van der Waals surface area contributed by atoms with Crippen LogP contribution in [0.5, 0.6) is 0 Å². The van der Waals surface area contributed by atoms with Crippen LogP contribution in [0.15, 0.2) is 24.3 Å². The fraction of sp³-hybridized carbons (Fsp3) is 0.625. The van der Waals surface area contributed by atoms with Crippen LogP contribution in [0.25, 0.3) is 0 Å². The summed E-state index contributed by atoms with van der Waals surface area (Å²) in [6.07, 6.45) is 5.25. The SMILES string of the molecule is CCCCC(CC)CNc1cccc(N(C)C)c1. The van der Waals surface area contributed by atoms with Crippen molar-refractivity contribution in [1.29, 1.82) is 0 Å². The lowest BCUT2D eigenvalue weighted by Crippen LogP contribution is -2.14. The van der Waals surface area contributed by atoms with E-state index in [0.29, 0.717) is 0 Å². The molecule has 0 saturated carbocycles. The number of benzene rings is 1. The van der Waals surface area contributed by atoms with Gasteiger partial charge in [-0.2, -0.15) is 0 Å². The predicted molar refractivity (Wildman–Crippen MR) is 82.6 cm³/mol. The average Bonchev–Trinajstić information content (AvgIpc) is 2.39. The maximum absolute atomic E-state index is 3.57. The predicted octanol–water partition coefficient (Wildman–Crippen LogP) is 4.38. The second kappa shape index (κ2) is 8.02. The smallest absolute Gasteiger partial charge is 0.0381 e. The molecule has 2 heteroatoms. The van der Waals surface area contributed by atoms with Crippen molar-refractivity contribution in [2.45, 2.75) is 39.5 Å². The van der Waals surface area contributed by atoms with Gasteiger partial charge >= 0.3 is 0 Å². The van der Waals surface area contributed by atoms with Crippen LogP contribution in [-0.2, 0) is 0 Å². The van der Waals surface area contributed by atoms with Crippen LogP contribution in [0.1, 0.15) is 39.5 Å². The van der Waals surface area contributed by atoms with E-state index in [1.165, 1.54) is 37.1 Å². The standard InChI is InChI=1S/C16H28N2/c1-5-7-9-14(6-2)13-17-15-10-8-11-16(12-15)18(3)4/h8,10-12,14,17H,5-7,9,13H2,1-4H3. The Bertz CT molecular complexity index is 334. The molecule has 0 amide bonds. The van der Waals surface area contributed by atoms with E-state index in [9.17, 15) is 0 Å². The van der Waals surface area contributed by atoms with E-state index in [-0.39, 0.29) is 0 Å². The molecule has 1 unspecified atom stereocenters. The molecule has 0 aliphatic carbocycles. The van der Waals surface area contributed by atoms with Crippen molar-refractivity contribution in [1.82, 2.24) is 0 Å². The Hall–Kier alpha value is -1.18. The maximum atomic E-state index is 3.57. The van der Waals surface area contributed by atoms with Gasteiger partial charge in [0.2, 0.25) is 0 Å². The first-order chi connectivity index (χ1) is 8.67. The van der Waals surface area contributed by atoms with Crippen LogP contribution in [0, 0.1) is 5.92 Å². The van der Waals surface area contributed by atoms with Crippen molar-refractivity contribution in [3.05, 3.63) is 24.3 Å². The van der Waals surface area contributed by atoms with Crippen molar-refractivity contribution >= 4 is 11.4 Å². The minimum Gasteiger partial charge on any atom is -0.385 e. The summed E-state index contributed by atoms with van der Waals surface area (Å²) >= 11 is 0. The first-order valence-electron chi connectivity index (χ1n) is 7.18. The number of anilines is 2. The minimum absolute atomic E-state index is 0.799. The topological polar surface area (TPSA) is 15.3 Å². The summed E-state index contributed by atoms with van der Waals surface area (Å²) in [5.74, 6) is 0.799. The molecular formula is C16H28N2. The number of unbranched alkanes of at least 4 members (excludes halogenated alkanes) is 1. The lowest BCUT2D eigenvalue weighted by Gasteiger charge is -2.18. The van der Waals surface area contributed by atoms with Crippen LogP contribution < -0.4 is 10.2 Å². The van der Waals surface area contributed by atoms with E-state index in [1.54, 1.807) is 0 Å². The van der Waals surface area contributed by atoms with Crippen LogP contribution in [0.2, 0.25) is 0 Å². The number of rotatable bonds is 8. The van der Waals surface area contributed by atoms with E-state index in [1.807, 2.05) is 0 Å². The Morgan fingerprint density at radius 2 is 2.00 bits per heavy atom. The molecule has 18 heavy (non-hydrogen) atoms. The fourth-order valence-corrected chi connectivity index (χ4v) is 2.10. The van der Waals surface area contributed by atoms with E-state index in [4.69, 9.17) is 0 Å². The van der Waals surface area contributed by atoms with Gasteiger partial charge in [0.1, 0.15) is 0 Å². The zero-order valence-corrected chi connectivity index (χ0v) is 12.4. The van der Waals surface area contributed by atoms with Gasteiger partial charge in [0.05, 0.1) is 0 Å². The molecule has 0 spiro atoms. The molecule has 1 N–H and O–H groups in total. The molecule has 1 aromatic rings. The molecule has 0 fully saturated rings. The highest BCUT2D eigenvalue weighted by atomic mass is 15.1. The molecule has 1 aromatic carbocycles. The van der Waals surface area contributed by atoms with E-state index in [2.05, 4.69) is 62.4 Å². The van der Waals surface area contributed by atoms with Gasteiger partial charge in [0, 0.05) is 32.0 Å². The van der Waals surface area contributed by atoms with Crippen molar-refractivity contribution in [2.24, 2.45) is 5.92 Å². The van der Waals surface area contributed by atoms with Gasteiger partial charge in [-0.3, -0.25) is 0 Å². The molecule has 102 valence electrons. The fourth-order valence-electron chi connectivity index (χ4n) is 2.10. The summed E-state index contributed by atoms with van der Waals surface area (Å²) in [5.41, 5.74) is 2.48. The summed E-state index contributed by atoms with van der Waals surface area (Å²) in [6, 6.07) is 8.62. The molecule has 0 saturated heterocycles. The zero-order valence-electron chi connectivity index (χ0n) is 12.4. The Balaban J connectivity index is 2.48. The molecule has 0 bridgehead atoms. The van der Waals surface area contributed by atoms with Crippen LogP contribution in [-0.4, -0.2) is 20.6 Å². The van der Waals surface area contributed by atoms with Gasteiger partial charge in [0.15, 0.2) is 0 Å². The number of nitrogens with zero attached hydrogens (tertiary/aromatic N) is 1. The van der Waals surface area contributed by atoms with Gasteiger partial charge < -0.3 is 10.2 Å². The van der Waals surface area contributed by atoms with Gasteiger partial charge in [-0.1, -0.05) is 39.2 Å². The van der Waals surface area contributed by atoms with Gasteiger partial charge in [-0.05, 0) is 30.5 Å². The lowest BCUT2D eigenvalue weighted by molar-refractivity contribution is 0.473. The lowest BCUT2D eigenvalue weighted by atomic mass is 9.99. The highest BCUT2D eigenvalue weighted by Crippen LogP contribution is 2.19. The normalized spacial score (nSPS) is 12.2. The molecule has 0 aliphatic heterocycles. The van der Waals surface area contributed by atoms with Crippen molar-refractivity contribution in [3.63, 3.8) is 0 Å². The Kier molecular flexibility index (Phi) is 6.63. The van der Waals surface area contributed by atoms with Crippen molar-refractivity contribution in [2.75, 3.05) is 30.9 Å². The second-order valence-corrected chi connectivity index (χ2v) is 5.24. The maximum Gasteiger partial charge on any atom is 0.0381 e. The third-order valence-electron chi connectivity index (χ3n) is 3.50. The summed E-state index contributed by atoms with van der Waals surface area (Å²) in [6.45, 7) is 5.65. The van der Waals surface area contributed by atoms with Crippen molar-refractivity contribution < 1.29 is 0 Å². The van der Waals surface area contributed by atoms with Crippen molar-refractivity contribution in [3.8, 4) is 0 Å². The van der Waals surface area contributed by atoms with Gasteiger partial charge in [-0.15, -0.1) is 0 Å². The third kappa shape index (κ3) is 4.99. The molecular weight excluding hydrogens is 220 g/mol. The van der Waals surface area contributed by atoms with Crippen LogP contribution >= 0.6 is 0 Å². The first kappa shape index (κ1) is 14.9. The second-order valence-electron chi connectivity index (χ2n) is 5.24. The minimum atomic E-state index is 0.799. The highest BCUT2D eigenvalue weighted by molar-refractivity contribution is 5.57. The van der Waals surface area contributed by atoms with Gasteiger partial charge in [0.25, 0.3) is 0 Å². The van der Waals surface area contributed by atoms with E-state index >= 15 is 0 Å². The molecule has 0 aliphatic rings. The monoisotopic (exact) mass is 248 g/mol. The molecule has 1 rings (SSSR count). The summed E-state index contributed by atoms with van der Waals surface area (Å²) < 4.78 is 0. The van der Waals surface area contributed by atoms with E-state index in [0.717, 1.165) is 12.5 Å². The quantitative estimate of drug-likeness (QED) is 0.734. The van der Waals surface area contributed by atoms with Crippen LogP contribution in [0.3, 0.4) is 0 Å². The highest BCUT2D eigenvalue weighted by Gasteiger charge is 2.05. The molecule has 0 aromatic heterocycles. The molecule has 2 nitrogen and oxygen atoms in total. The number of hydrogen-bond donors (Lipinski definition) is 1. The average molecular weight is 248 g/mol. The van der Waals surface area contributed by atoms with E-state index < -0.39 is 0 Å². The molecule has 0 heterocycles. The van der Waals surface area contributed by atoms with Gasteiger partial charge in [-0.25, -0.2) is 0 Å². The zero-order chi connectivity index (χ0) is 13.4. The molecule has 1 atom stereocenters.